The fraction of sp³-hybridized carbons (Fsp3) is 0.533. The maximum Gasteiger partial charge on any atom is 0.417 e. The average Bonchev–Trinajstić information content (AvgIpc) is 2.75. The molecular weight excluding hydrogens is 339 g/mol. The van der Waals surface area contributed by atoms with Crippen LogP contribution in [0.25, 0.3) is 0 Å². The smallest absolute Gasteiger partial charge is 0.417 e. The normalized spacial score (nSPS) is 30.2. The summed E-state index contributed by atoms with van der Waals surface area (Å²) in [5.74, 6) is -5.57. The van der Waals surface area contributed by atoms with Crippen LogP contribution in [0.15, 0.2) is 12.1 Å². The Hall–Kier alpha value is -1.90. The van der Waals surface area contributed by atoms with Crippen molar-refractivity contribution in [3.63, 3.8) is 0 Å². The molecule has 2 rings (SSSR count). The highest BCUT2D eigenvalue weighted by Gasteiger charge is 2.65. The van der Waals surface area contributed by atoms with Gasteiger partial charge in [-0.05, 0) is 13.0 Å². The van der Waals surface area contributed by atoms with Gasteiger partial charge in [-0.25, -0.2) is 4.39 Å². The van der Waals surface area contributed by atoms with Crippen LogP contribution in [0, 0.1) is 17.6 Å². The van der Waals surface area contributed by atoms with E-state index >= 15 is 0 Å². The summed E-state index contributed by atoms with van der Waals surface area (Å²) in [4.78, 5) is 10.6. The second-order valence-corrected chi connectivity index (χ2v) is 5.62. The zero-order valence-electron chi connectivity index (χ0n) is 13.0. The molecule has 1 aromatic carbocycles. The largest absolute Gasteiger partial charge is 0.493 e. The molecule has 1 aromatic rings. The maximum atomic E-state index is 13.9. The van der Waals surface area contributed by atoms with Gasteiger partial charge in [-0.2, -0.15) is 17.6 Å². The fourth-order valence-corrected chi connectivity index (χ4v) is 2.93. The summed E-state index contributed by atoms with van der Waals surface area (Å²) in [6.07, 6.45) is -6.39. The van der Waals surface area contributed by atoms with Gasteiger partial charge in [-0.15, -0.1) is 0 Å². The number of methoxy groups -OCH3 is 1. The molecule has 24 heavy (non-hydrogen) atoms. The van der Waals surface area contributed by atoms with Crippen molar-refractivity contribution in [2.45, 2.75) is 37.8 Å². The molecular formula is C15H15F5O4. The SMILES string of the molecule is COc1c([C@H]2[C@H](OC=O)O[C@@](C)(C(F)(F)F)[C@H]2C)ccc(F)c1F. The first kappa shape index (κ1) is 18.4. The van der Waals surface area contributed by atoms with Crippen LogP contribution < -0.4 is 4.74 Å². The van der Waals surface area contributed by atoms with Crippen molar-refractivity contribution in [3.05, 3.63) is 29.3 Å². The molecule has 0 radical (unpaired) electrons. The van der Waals surface area contributed by atoms with Gasteiger partial charge in [0.25, 0.3) is 6.47 Å². The molecule has 4 atom stereocenters. The number of halogens is 5. The van der Waals surface area contributed by atoms with E-state index < -0.39 is 47.3 Å². The Bertz CT molecular complexity index is 633. The topological polar surface area (TPSA) is 44.8 Å². The van der Waals surface area contributed by atoms with E-state index in [1.54, 1.807) is 0 Å². The van der Waals surface area contributed by atoms with Crippen molar-refractivity contribution in [2.75, 3.05) is 7.11 Å². The first-order chi connectivity index (χ1) is 11.1. The van der Waals surface area contributed by atoms with Gasteiger partial charge in [0, 0.05) is 11.5 Å². The molecule has 0 spiro atoms. The predicted octanol–water partition coefficient (Wildman–Crippen LogP) is 3.54. The quantitative estimate of drug-likeness (QED) is 0.613. The summed E-state index contributed by atoms with van der Waals surface area (Å²) in [5.41, 5.74) is -2.72. The van der Waals surface area contributed by atoms with Crippen molar-refractivity contribution in [2.24, 2.45) is 5.92 Å². The van der Waals surface area contributed by atoms with Gasteiger partial charge in [0.05, 0.1) is 13.0 Å². The van der Waals surface area contributed by atoms with Crippen molar-refractivity contribution < 1.29 is 41.0 Å². The molecule has 1 fully saturated rings. The van der Waals surface area contributed by atoms with Crippen molar-refractivity contribution in [3.8, 4) is 5.75 Å². The van der Waals surface area contributed by atoms with Gasteiger partial charge in [0.2, 0.25) is 12.1 Å². The summed E-state index contributed by atoms with van der Waals surface area (Å²) in [7, 11) is 1.06. The minimum atomic E-state index is -4.77. The van der Waals surface area contributed by atoms with E-state index in [1.165, 1.54) is 6.92 Å². The van der Waals surface area contributed by atoms with E-state index in [4.69, 9.17) is 9.47 Å². The molecule has 134 valence electrons. The molecule has 1 aliphatic rings. The van der Waals surface area contributed by atoms with E-state index in [-0.39, 0.29) is 12.0 Å². The third-order valence-corrected chi connectivity index (χ3v) is 4.46. The first-order valence-electron chi connectivity index (χ1n) is 6.94. The van der Waals surface area contributed by atoms with E-state index in [2.05, 4.69) is 4.74 Å². The number of ether oxygens (including phenoxy) is 3. The number of rotatable bonds is 4. The molecule has 0 amide bonds. The molecule has 0 bridgehead atoms. The van der Waals surface area contributed by atoms with Crippen LogP contribution in [0.5, 0.6) is 5.75 Å². The lowest BCUT2D eigenvalue weighted by atomic mass is 9.79. The highest BCUT2D eigenvalue weighted by Crippen LogP contribution is 2.54. The van der Waals surface area contributed by atoms with Gasteiger partial charge >= 0.3 is 6.18 Å². The Morgan fingerprint density at radius 3 is 2.42 bits per heavy atom. The lowest BCUT2D eigenvalue weighted by Crippen LogP contribution is -2.47. The Kier molecular flexibility index (Phi) is 4.76. The highest BCUT2D eigenvalue weighted by atomic mass is 19.4. The Morgan fingerprint density at radius 1 is 1.29 bits per heavy atom. The van der Waals surface area contributed by atoms with Crippen LogP contribution in [0.4, 0.5) is 22.0 Å². The summed E-state index contributed by atoms with van der Waals surface area (Å²) >= 11 is 0. The van der Waals surface area contributed by atoms with Crippen molar-refractivity contribution in [1.82, 2.24) is 0 Å². The van der Waals surface area contributed by atoms with E-state index in [1.807, 2.05) is 0 Å². The minimum absolute atomic E-state index is 0.0567. The fourth-order valence-electron chi connectivity index (χ4n) is 2.93. The first-order valence-corrected chi connectivity index (χ1v) is 6.94. The van der Waals surface area contributed by atoms with Crippen LogP contribution in [-0.2, 0) is 14.3 Å². The second-order valence-electron chi connectivity index (χ2n) is 5.62. The molecule has 0 aromatic heterocycles. The summed E-state index contributed by atoms with van der Waals surface area (Å²) < 4.78 is 81.8. The Labute approximate surface area is 134 Å². The maximum absolute atomic E-state index is 13.9. The van der Waals surface area contributed by atoms with Crippen molar-refractivity contribution >= 4 is 6.47 Å². The molecule has 4 nitrogen and oxygen atoms in total. The zero-order chi connectivity index (χ0) is 18.3. The predicted molar refractivity (Wildman–Crippen MR) is 71.3 cm³/mol. The van der Waals surface area contributed by atoms with Crippen LogP contribution in [0.3, 0.4) is 0 Å². The zero-order valence-corrected chi connectivity index (χ0v) is 13.0. The van der Waals surface area contributed by atoms with Crippen LogP contribution in [-0.4, -0.2) is 31.6 Å². The minimum Gasteiger partial charge on any atom is -0.493 e. The van der Waals surface area contributed by atoms with Gasteiger partial charge in [0.1, 0.15) is 0 Å². The van der Waals surface area contributed by atoms with Gasteiger partial charge < -0.3 is 14.2 Å². The lowest BCUT2D eigenvalue weighted by Gasteiger charge is -2.31. The van der Waals surface area contributed by atoms with E-state index in [9.17, 15) is 26.7 Å². The standard InChI is InChI=1S/C15H15F5O4/c1-7-10(8-4-5-9(16)11(17)12(8)22-3)13(23-6-21)24-14(7,2)15(18,19)20/h4-7,10,13H,1-3H3/t7-,10-,13+,14+/m0/s1. The number of benzene rings is 1. The number of alkyl halides is 3. The Morgan fingerprint density at radius 2 is 1.92 bits per heavy atom. The lowest BCUT2D eigenvalue weighted by molar-refractivity contribution is -0.292. The molecule has 0 N–H and O–H groups in total. The molecule has 1 saturated heterocycles. The van der Waals surface area contributed by atoms with Gasteiger partial charge in [-0.3, -0.25) is 4.79 Å². The van der Waals surface area contributed by atoms with Crippen molar-refractivity contribution in [1.29, 1.82) is 0 Å². The van der Waals surface area contributed by atoms with Crippen LogP contribution in [0.1, 0.15) is 25.3 Å². The molecule has 1 aliphatic heterocycles. The molecule has 1 heterocycles. The van der Waals surface area contributed by atoms with E-state index in [0.29, 0.717) is 0 Å². The number of carbonyl (C=O) groups excluding carboxylic acids is 1. The monoisotopic (exact) mass is 354 g/mol. The van der Waals surface area contributed by atoms with Crippen LogP contribution in [0.2, 0.25) is 0 Å². The third-order valence-electron chi connectivity index (χ3n) is 4.46. The summed E-state index contributed by atoms with van der Waals surface area (Å²) in [6.45, 7) is 1.98. The van der Waals surface area contributed by atoms with E-state index in [0.717, 1.165) is 26.2 Å². The van der Waals surface area contributed by atoms with Gasteiger partial charge in [0.15, 0.2) is 17.2 Å². The second kappa shape index (κ2) is 6.19. The molecule has 0 unspecified atom stereocenters. The summed E-state index contributed by atoms with van der Waals surface area (Å²) in [5, 5.41) is 0. The number of hydrogen-bond donors (Lipinski definition) is 0. The number of hydrogen-bond acceptors (Lipinski definition) is 4. The average molecular weight is 354 g/mol. The molecule has 0 saturated carbocycles. The highest BCUT2D eigenvalue weighted by molar-refractivity contribution is 5.42. The van der Waals surface area contributed by atoms with Gasteiger partial charge in [-0.1, -0.05) is 13.0 Å². The molecule has 9 heteroatoms. The van der Waals surface area contributed by atoms with Crippen LogP contribution >= 0.6 is 0 Å². The Balaban J connectivity index is 2.59. The summed E-state index contributed by atoms with van der Waals surface area (Å²) in [6, 6.07) is 1.85. The molecule has 0 aliphatic carbocycles. The number of carbonyl (C=O) groups is 1. The third kappa shape index (κ3) is 2.70.